The van der Waals surface area contributed by atoms with E-state index in [-0.39, 0.29) is 31.7 Å². The first kappa shape index (κ1) is 28.9. The van der Waals surface area contributed by atoms with Crippen LogP contribution in [0.15, 0.2) is 50.9 Å². The molecular weight excluding hydrogens is 536 g/mol. The van der Waals surface area contributed by atoms with Crippen LogP contribution in [0.1, 0.15) is 33.6 Å². The Morgan fingerprint density at radius 3 is 2.70 bits per heavy atom. The van der Waals surface area contributed by atoms with Gasteiger partial charge in [0.05, 0.1) is 6.61 Å². The fourth-order valence-electron chi connectivity index (χ4n) is 3.71. The van der Waals surface area contributed by atoms with Gasteiger partial charge in [-0.25, -0.2) is 4.79 Å². The zero-order valence-corrected chi connectivity index (χ0v) is 21.8. The van der Waals surface area contributed by atoms with Gasteiger partial charge in [0.25, 0.3) is 17.1 Å². The molecule has 1 aromatic heterocycles. The molecule has 1 aliphatic rings. The first-order valence-corrected chi connectivity index (χ1v) is 12.7. The summed E-state index contributed by atoms with van der Waals surface area (Å²) in [5.41, 5.74) is -4.26. The van der Waals surface area contributed by atoms with Gasteiger partial charge in [0.2, 0.25) is 0 Å². The lowest BCUT2D eigenvalue weighted by molar-refractivity contribution is -0.368. The molecule has 0 spiro atoms. The molecule has 1 aliphatic heterocycles. The molecule has 1 unspecified atom stereocenters. The Hall–Kier alpha value is -2.67. The Bertz CT molecular complexity index is 1270. The summed E-state index contributed by atoms with van der Waals surface area (Å²) in [5.74, 6) is -6.83. The van der Waals surface area contributed by atoms with Gasteiger partial charge in [0.15, 0.2) is 0 Å². The van der Waals surface area contributed by atoms with Crippen molar-refractivity contribution < 1.29 is 37.9 Å². The number of aromatic amines is 1. The summed E-state index contributed by atoms with van der Waals surface area (Å²) in [7, 11) is -3.07. The quantitative estimate of drug-likeness (QED) is 0.250. The summed E-state index contributed by atoms with van der Waals surface area (Å²) in [4.78, 5) is 50.4. The van der Waals surface area contributed by atoms with E-state index >= 15 is 4.39 Å². The predicted molar refractivity (Wildman–Crippen MR) is 128 cm³/mol. The van der Waals surface area contributed by atoms with Crippen LogP contribution in [0.4, 0.5) is 4.39 Å². The largest absolute Gasteiger partial charge is 0.583 e. The summed E-state index contributed by atoms with van der Waals surface area (Å²) in [5, 5.41) is 11.5. The molecule has 0 bridgehead atoms. The third-order valence-electron chi connectivity index (χ3n) is 5.49. The van der Waals surface area contributed by atoms with Crippen LogP contribution in [-0.4, -0.2) is 51.5 Å². The average Bonchev–Trinajstić information content (AvgIpc) is 3.17. The van der Waals surface area contributed by atoms with Gasteiger partial charge in [0, 0.05) is 37.1 Å². The van der Waals surface area contributed by atoms with Crippen LogP contribution >= 0.6 is 19.8 Å². The van der Waals surface area contributed by atoms with Gasteiger partial charge in [-0.15, -0.1) is 4.52 Å². The van der Waals surface area contributed by atoms with E-state index in [2.05, 4.69) is 4.74 Å². The number of ether oxygens (including phenoxy) is 3. The molecule has 1 saturated heterocycles. The summed E-state index contributed by atoms with van der Waals surface area (Å²) in [6, 6.07) is 6.64. The number of rotatable bonds is 10. The Balaban J connectivity index is 2.01. The minimum absolute atomic E-state index is 0.0338. The summed E-state index contributed by atoms with van der Waals surface area (Å²) >= 11 is 5.92. The lowest BCUT2D eigenvalue weighted by Crippen LogP contribution is -2.67. The zero-order chi connectivity index (χ0) is 27.4. The van der Waals surface area contributed by atoms with Gasteiger partial charge < -0.3 is 24.2 Å². The van der Waals surface area contributed by atoms with E-state index < -0.39 is 48.9 Å². The smallest absolute Gasteiger partial charge is 0.345 e. The second-order valence-corrected chi connectivity index (χ2v) is 9.68. The van der Waals surface area contributed by atoms with Gasteiger partial charge in [-0.1, -0.05) is 23.3 Å². The monoisotopic (exact) mass is 561 g/mol. The fraction of sp³-hybridized carbons (Fsp3) is 0.500. The van der Waals surface area contributed by atoms with Gasteiger partial charge in [-0.3, -0.25) is 19.1 Å². The van der Waals surface area contributed by atoms with E-state index in [1.807, 2.05) is 4.98 Å². The number of carbonyl (C=O) groups is 1. The van der Waals surface area contributed by atoms with E-state index in [0.29, 0.717) is 9.59 Å². The topological polar surface area (TPSA) is 164 Å². The number of carbonyl (C=O) groups excluding carboxylic acids is 1. The van der Waals surface area contributed by atoms with E-state index in [1.54, 1.807) is 6.92 Å². The molecule has 37 heavy (non-hydrogen) atoms. The summed E-state index contributed by atoms with van der Waals surface area (Å²) in [6.45, 7) is 3.30. The molecule has 202 valence electrons. The Morgan fingerprint density at radius 1 is 1.41 bits per heavy atom. The van der Waals surface area contributed by atoms with Crippen molar-refractivity contribution in [3.8, 4) is 5.75 Å². The maximum absolute atomic E-state index is 16.9. The van der Waals surface area contributed by atoms with Crippen LogP contribution in [0.25, 0.3) is 0 Å². The molecule has 3 rings (SSSR count). The van der Waals surface area contributed by atoms with Crippen molar-refractivity contribution in [2.24, 2.45) is 4.74 Å². The maximum Gasteiger partial charge on any atom is 0.345 e. The van der Waals surface area contributed by atoms with Crippen molar-refractivity contribution in [2.45, 2.75) is 57.1 Å². The van der Waals surface area contributed by atoms with Crippen molar-refractivity contribution in [3.05, 3.63) is 62.4 Å². The van der Waals surface area contributed by atoms with Crippen molar-refractivity contribution in [3.63, 3.8) is 0 Å². The molecule has 15 heteroatoms. The average molecular weight is 562 g/mol. The van der Waals surface area contributed by atoms with Crippen LogP contribution in [0.2, 0.25) is 5.02 Å². The number of esters is 1. The highest BCUT2D eigenvalue weighted by atomic mass is 35.5. The molecule has 0 radical (unpaired) electrons. The molecular formula is C22H26ClFN3O9P. The number of halogens is 2. The van der Waals surface area contributed by atoms with E-state index in [0.717, 1.165) is 19.2 Å². The molecule has 1 fully saturated rings. The number of nitrogens with one attached hydrogen (secondary N) is 1. The standard InChI is InChI=1S/C22H26ClFN3O9P/c1-4-18(29)34-14(2)13-25-37(32)36-20(3,31)22(24)21(10-12-33-22,27-11-9-17(28)26-19(27)30)35-16-7-5-15(23)6-8-16/h5-9,11,14,31H,4,10,12-13H2,1-3H3,(H,26,28,30)/t14-,20-,21-,22-/m0/s1. The third kappa shape index (κ3) is 6.08. The molecule has 2 heterocycles. The van der Waals surface area contributed by atoms with Crippen LogP contribution in [0, 0.1) is 0 Å². The van der Waals surface area contributed by atoms with Gasteiger partial charge in [-0.2, -0.15) is 4.39 Å². The molecule has 0 amide bonds. The van der Waals surface area contributed by atoms with E-state index in [9.17, 15) is 24.4 Å². The minimum atomic E-state index is -3.36. The molecule has 2 aromatic rings. The predicted octanol–water partition coefficient (Wildman–Crippen LogP) is 1.93. The highest BCUT2D eigenvalue weighted by Gasteiger charge is 2.73. The molecule has 0 saturated carbocycles. The second kappa shape index (κ2) is 11.4. The Kier molecular flexibility index (Phi) is 8.89. The Morgan fingerprint density at radius 2 is 2.08 bits per heavy atom. The van der Waals surface area contributed by atoms with Crippen molar-refractivity contribution in [1.82, 2.24) is 9.55 Å². The number of hydrogen-bond acceptors (Lipinski definition) is 10. The SMILES string of the molecule is CCC(=O)O[C@@H](C)CN=[P+]([O-])O[C@](C)(O)[C@]1(F)OCC[C@@]1(Oc1ccc(Cl)cc1)n1ccc(=O)[nH]c1=O. The van der Waals surface area contributed by atoms with Crippen molar-refractivity contribution >= 4 is 25.7 Å². The minimum Gasteiger partial charge on any atom is -0.583 e. The van der Waals surface area contributed by atoms with Crippen molar-refractivity contribution in [2.75, 3.05) is 13.2 Å². The molecule has 0 aliphatic carbocycles. The summed E-state index contributed by atoms with van der Waals surface area (Å²) < 4.78 is 42.6. The van der Waals surface area contributed by atoms with Crippen molar-refractivity contribution in [1.29, 1.82) is 0 Å². The van der Waals surface area contributed by atoms with Gasteiger partial charge >= 0.3 is 25.7 Å². The number of aliphatic hydroxyl groups is 1. The zero-order valence-electron chi connectivity index (χ0n) is 20.2. The number of hydrogen-bond donors (Lipinski definition) is 2. The maximum atomic E-state index is 16.9. The van der Waals surface area contributed by atoms with Gasteiger partial charge in [-0.05, 0) is 31.2 Å². The highest BCUT2D eigenvalue weighted by molar-refractivity contribution is 7.33. The van der Waals surface area contributed by atoms with Gasteiger partial charge in [0.1, 0.15) is 18.4 Å². The van der Waals surface area contributed by atoms with Crippen LogP contribution in [0.3, 0.4) is 0 Å². The number of alkyl halides is 1. The first-order valence-electron chi connectivity index (χ1n) is 11.2. The third-order valence-corrected chi connectivity index (χ3v) is 6.64. The summed E-state index contributed by atoms with van der Waals surface area (Å²) in [6.07, 6.45) is 0.0114. The number of aromatic nitrogens is 2. The number of nitrogens with zero attached hydrogens (tertiary/aromatic N) is 2. The molecule has 5 atom stereocenters. The fourth-order valence-corrected chi connectivity index (χ4v) is 4.68. The van der Waals surface area contributed by atoms with Crippen LogP contribution in [0.5, 0.6) is 5.75 Å². The lowest BCUT2D eigenvalue weighted by Gasteiger charge is -2.43. The molecule has 12 nitrogen and oxygen atoms in total. The van der Waals surface area contributed by atoms with E-state index in [4.69, 9.17) is 30.3 Å². The Labute approximate surface area is 216 Å². The van der Waals surface area contributed by atoms with Crippen LogP contribution < -0.4 is 20.9 Å². The van der Waals surface area contributed by atoms with Crippen LogP contribution in [-0.2, 0) is 24.5 Å². The number of benzene rings is 1. The highest BCUT2D eigenvalue weighted by Crippen LogP contribution is 2.52. The second-order valence-electron chi connectivity index (χ2n) is 8.30. The van der Waals surface area contributed by atoms with E-state index in [1.165, 1.54) is 31.2 Å². The molecule has 2 N–H and O–H groups in total. The first-order chi connectivity index (χ1) is 17.3. The lowest BCUT2D eigenvalue weighted by atomic mass is 9.95. The normalized spacial score (nSPS) is 24.4. The number of H-pyrrole nitrogens is 1. The molecule has 1 aromatic carbocycles.